The molecule has 0 saturated heterocycles. The molecule has 17 heavy (non-hydrogen) atoms. The monoisotopic (exact) mass is 249 g/mol. The second-order valence-corrected chi connectivity index (χ2v) is 5.23. The fourth-order valence-electron chi connectivity index (χ4n) is 3.07. The second-order valence-electron chi connectivity index (χ2n) is 4.97. The number of fused-ring (bicyclic) bond motifs is 2. The number of hydrogen-bond acceptors (Lipinski definition) is 1. The largest absolute Gasteiger partial charge is 0.348 e. The average Bonchev–Trinajstić information content (AvgIpc) is 2.93. The molecule has 0 fully saturated rings. The van der Waals surface area contributed by atoms with Gasteiger partial charge in [0.25, 0.3) is 0 Å². The maximum atomic E-state index is 11.4. The van der Waals surface area contributed by atoms with Crippen LogP contribution in [-0.2, 0) is 24.1 Å². The summed E-state index contributed by atoms with van der Waals surface area (Å²) in [7, 11) is 0. The van der Waals surface area contributed by atoms with Crippen molar-refractivity contribution in [2.24, 2.45) is 0 Å². The third kappa shape index (κ3) is 1.95. The third-order valence-corrected chi connectivity index (χ3v) is 4.13. The molecule has 0 aliphatic heterocycles. The van der Waals surface area contributed by atoms with Gasteiger partial charge in [-0.1, -0.05) is 12.1 Å². The lowest BCUT2D eigenvalue weighted by Crippen LogP contribution is -2.28. The molecule has 0 bridgehead atoms. The highest BCUT2D eigenvalue weighted by atomic mass is 35.5. The number of carbonyl (C=O) groups is 1. The Balaban J connectivity index is 1.89. The summed E-state index contributed by atoms with van der Waals surface area (Å²) in [5, 5.41) is 3.01. The molecular formula is C14H16ClNO. The number of nitrogens with one attached hydrogen (secondary N) is 1. The summed E-state index contributed by atoms with van der Waals surface area (Å²) in [6.45, 7) is 0. The molecule has 1 aromatic rings. The van der Waals surface area contributed by atoms with Crippen LogP contribution in [0, 0.1) is 0 Å². The van der Waals surface area contributed by atoms with E-state index in [2.05, 4.69) is 17.4 Å². The van der Waals surface area contributed by atoms with Crippen LogP contribution in [-0.4, -0.2) is 11.8 Å². The van der Waals surface area contributed by atoms with Crippen molar-refractivity contribution in [2.75, 3.05) is 5.88 Å². The first-order valence-electron chi connectivity index (χ1n) is 6.28. The van der Waals surface area contributed by atoms with Gasteiger partial charge >= 0.3 is 0 Å². The molecule has 2 aliphatic rings. The van der Waals surface area contributed by atoms with Crippen molar-refractivity contribution in [3.05, 3.63) is 34.4 Å². The van der Waals surface area contributed by atoms with E-state index in [0.29, 0.717) is 0 Å². The molecule has 0 heterocycles. The van der Waals surface area contributed by atoms with Gasteiger partial charge in [-0.05, 0) is 54.4 Å². The molecule has 0 radical (unpaired) electrons. The van der Waals surface area contributed by atoms with Crippen molar-refractivity contribution in [2.45, 2.75) is 38.1 Å². The minimum Gasteiger partial charge on any atom is -0.348 e. The SMILES string of the molecule is O=C(CCl)N[C@H]1CCc2cc3c(cc21)CCC3. The van der Waals surface area contributed by atoms with Crippen molar-refractivity contribution in [1.82, 2.24) is 5.32 Å². The highest BCUT2D eigenvalue weighted by molar-refractivity contribution is 6.27. The van der Waals surface area contributed by atoms with Crippen LogP contribution >= 0.6 is 11.6 Å². The third-order valence-electron chi connectivity index (χ3n) is 3.89. The predicted molar refractivity (Wildman–Crippen MR) is 68.4 cm³/mol. The number of alkyl halides is 1. The van der Waals surface area contributed by atoms with Crippen LogP contribution in [0.4, 0.5) is 0 Å². The van der Waals surface area contributed by atoms with Crippen LogP contribution in [0.1, 0.15) is 41.1 Å². The molecule has 90 valence electrons. The Morgan fingerprint density at radius 3 is 2.76 bits per heavy atom. The summed E-state index contributed by atoms with van der Waals surface area (Å²) >= 11 is 5.54. The molecule has 1 atom stereocenters. The maximum Gasteiger partial charge on any atom is 0.235 e. The first-order valence-corrected chi connectivity index (χ1v) is 6.81. The van der Waals surface area contributed by atoms with E-state index in [4.69, 9.17) is 11.6 Å². The second kappa shape index (κ2) is 4.34. The zero-order chi connectivity index (χ0) is 11.8. The minimum absolute atomic E-state index is 0.0524. The van der Waals surface area contributed by atoms with Crippen LogP contribution < -0.4 is 5.32 Å². The molecule has 0 aromatic heterocycles. The summed E-state index contributed by atoms with van der Waals surface area (Å²) in [5.41, 5.74) is 5.75. The van der Waals surface area contributed by atoms with Gasteiger partial charge in [0.1, 0.15) is 5.88 Å². The molecule has 0 spiro atoms. The smallest absolute Gasteiger partial charge is 0.235 e. The molecule has 3 rings (SSSR count). The number of halogens is 1. The number of carbonyl (C=O) groups excluding carboxylic acids is 1. The van der Waals surface area contributed by atoms with Gasteiger partial charge in [-0.3, -0.25) is 4.79 Å². The summed E-state index contributed by atoms with van der Waals surface area (Å²) in [5.74, 6) is -0.0124. The zero-order valence-corrected chi connectivity index (χ0v) is 10.5. The standard InChI is InChI=1S/C14H16ClNO/c15-8-14(17)16-13-5-4-11-6-9-2-1-3-10(9)7-12(11)13/h6-7,13H,1-5,8H2,(H,16,17)/t13-/m0/s1. The highest BCUT2D eigenvalue weighted by Crippen LogP contribution is 2.35. The number of aryl methyl sites for hydroxylation is 3. The molecule has 1 amide bonds. The van der Waals surface area contributed by atoms with Crippen LogP contribution in [0.5, 0.6) is 0 Å². The van der Waals surface area contributed by atoms with Gasteiger partial charge in [-0.25, -0.2) is 0 Å². The van der Waals surface area contributed by atoms with E-state index in [-0.39, 0.29) is 17.8 Å². The molecule has 3 heteroatoms. The zero-order valence-electron chi connectivity index (χ0n) is 9.76. The molecular weight excluding hydrogens is 234 g/mol. The molecule has 1 aromatic carbocycles. The van der Waals surface area contributed by atoms with Gasteiger partial charge in [-0.2, -0.15) is 0 Å². The van der Waals surface area contributed by atoms with Gasteiger partial charge < -0.3 is 5.32 Å². The number of rotatable bonds is 2. The fraction of sp³-hybridized carbons (Fsp3) is 0.500. The first kappa shape index (κ1) is 11.1. The Morgan fingerprint density at radius 1 is 1.24 bits per heavy atom. The fourth-order valence-corrected chi connectivity index (χ4v) is 3.15. The molecule has 2 nitrogen and oxygen atoms in total. The van der Waals surface area contributed by atoms with Crippen molar-refractivity contribution in [3.63, 3.8) is 0 Å². The lowest BCUT2D eigenvalue weighted by molar-refractivity contribution is -0.119. The van der Waals surface area contributed by atoms with Crippen molar-refractivity contribution >= 4 is 17.5 Å². The predicted octanol–water partition coefficient (Wildman–Crippen LogP) is 2.52. The first-order chi connectivity index (χ1) is 8.28. The molecule has 0 saturated carbocycles. The highest BCUT2D eigenvalue weighted by Gasteiger charge is 2.26. The molecule has 0 unspecified atom stereocenters. The summed E-state index contributed by atoms with van der Waals surface area (Å²) < 4.78 is 0. The quantitative estimate of drug-likeness (QED) is 0.802. The summed E-state index contributed by atoms with van der Waals surface area (Å²) in [4.78, 5) is 11.4. The van der Waals surface area contributed by atoms with E-state index < -0.39 is 0 Å². The molecule has 2 aliphatic carbocycles. The van der Waals surface area contributed by atoms with Crippen LogP contribution in [0.3, 0.4) is 0 Å². The van der Waals surface area contributed by atoms with Gasteiger partial charge in [-0.15, -0.1) is 11.6 Å². The van der Waals surface area contributed by atoms with E-state index >= 15 is 0 Å². The van der Waals surface area contributed by atoms with Crippen LogP contribution in [0.25, 0.3) is 0 Å². The van der Waals surface area contributed by atoms with Crippen LogP contribution in [0.2, 0.25) is 0 Å². The Bertz CT molecular complexity index is 470. The van der Waals surface area contributed by atoms with Gasteiger partial charge in [0, 0.05) is 0 Å². The number of hydrogen-bond donors (Lipinski definition) is 1. The van der Waals surface area contributed by atoms with E-state index in [1.165, 1.54) is 41.5 Å². The number of benzene rings is 1. The lowest BCUT2D eigenvalue weighted by atomic mass is 10.0. The minimum atomic E-state index is -0.0648. The number of amides is 1. The Kier molecular flexibility index (Phi) is 2.83. The molecule has 1 N–H and O–H groups in total. The van der Waals surface area contributed by atoms with Crippen molar-refractivity contribution in [3.8, 4) is 0 Å². The van der Waals surface area contributed by atoms with Crippen molar-refractivity contribution in [1.29, 1.82) is 0 Å². The van der Waals surface area contributed by atoms with E-state index in [1.54, 1.807) is 0 Å². The lowest BCUT2D eigenvalue weighted by Gasteiger charge is -2.14. The van der Waals surface area contributed by atoms with E-state index in [9.17, 15) is 4.79 Å². The van der Waals surface area contributed by atoms with Crippen molar-refractivity contribution < 1.29 is 4.79 Å². The summed E-state index contributed by atoms with van der Waals surface area (Å²) in [6.07, 6.45) is 5.79. The Morgan fingerprint density at radius 2 is 2.00 bits per heavy atom. The topological polar surface area (TPSA) is 29.1 Å². The average molecular weight is 250 g/mol. The Labute approximate surface area is 106 Å². The van der Waals surface area contributed by atoms with Gasteiger partial charge in [0.05, 0.1) is 6.04 Å². The van der Waals surface area contributed by atoms with Gasteiger partial charge in [0.2, 0.25) is 5.91 Å². The normalized spacial score (nSPS) is 21.1. The van der Waals surface area contributed by atoms with Crippen LogP contribution in [0.15, 0.2) is 12.1 Å². The van der Waals surface area contributed by atoms with E-state index in [0.717, 1.165) is 12.8 Å². The van der Waals surface area contributed by atoms with Gasteiger partial charge in [0.15, 0.2) is 0 Å². The van der Waals surface area contributed by atoms with E-state index in [1.807, 2.05) is 0 Å². The Hall–Kier alpha value is -1.02. The summed E-state index contributed by atoms with van der Waals surface area (Å²) in [6, 6.07) is 4.84. The maximum absolute atomic E-state index is 11.4.